The third-order valence-electron chi connectivity index (χ3n) is 9.57. The van der Waals surface area contributed by atoms with Crippen molar-refractivity contribution in [2.75, 3.05) is 19.8 Å². The van der Waals surface area contributed by atoms with Gasteiger partial charge in [0.25, 0.3) is 0 Å². The smallest absolute Gasteiger partial charge is 0.306 e. The fourth-order valence-corrected chi connectivity index (χ4v) is 5.99. The Kier molecular flexibility index (Phi) is 49.2. The predicted octanol–water partition coefficient (Wildman–Crippen LogP) is 17.1. The van der Waals surface area contributed by atoms with E-state index in [-0.39, 0.29) is 31.6 Å². The molecule has 5 nitrogen and oxygen atoms in total. The second kappa shape index (κ2) is 52.9. The Labute approximate surface area is 393 Å². The van der Waals surface area contributed by atoms with Gasteiger partial charge in [0, 0.05) is 12.8 Å². The molecule has 1 atom stereocenters. The lowest BCUT2D eigenvalue weighted by molar-refractivity contribution is -0.162. The van der Waals surface area contributed by atoms with E-state index in [0.29, 0.717) is 19.4 Å². The van der Waals surface area contributed by atoms with Gasteiger partial charge in [-0.2, -0.15) is 0 Å². The molecule has 0 radical (unpaired) electrons. The highest BCUT2D eigenvalue weighted by atomic mass is 16.6. The van der Waals surface area contributed by atoms with Crippen LogP contribution in [0.25, 0.3) is 0 Å². The highest BCUT2D eigenvalue weighted by Gasteiger charge is 2.17. The molecule has 0 saturated carbocycles. The zero-order valence-corrected chi connectivity index (χ0v) is 40.7. The van der Waals surface area contributed by atoms with Crippen LogP contribution < -0.4 is 0 Å². The summed E-state index contributed by atoms with van der Waals surface area (Å²) in [4.78, 5) is 25.3. The molecule has 0 spiro atoms. The Hall–Kier alpha value is -4.48. The van der Waals surface area contributed by atoms with E-state index in [4.69, 9.17) is 14.2 Å². The zero-order valence-electron chi connectivity index (χ0n) is 40.7. The molecule has 0 aliphatic heterocycles. The van der Waals surface area contributed by atoms with Crippen molar-refractivity contribution in [3.8, 4) is 0 Å². The van der Waals surface area contributed by atoms with Gasteiger partial charge in [-0.15, -0.1) is 0 Å². The third kappa shape index (κ3) is 50.2. The van der Waals surface area contributed by atoms with Gasteiger partial charge in [0.2, 0.25) is 0 Å². The van der Waals surface area contributed by atoms with E-state index in [9.17, 15) is 9.59 Å². The first kappa shape index (κ1) is 59.5. The molecular formula is C59H90O5. The van der Waals surface area contributed by atoms with Gasteiger partial charge in [0.05, 0.1) is 13.2 Å². The maximum absolute atomic E-state index is 12.7. The molecule has 0 aromatic carbocycles. The summed E-state index contributed by atoms with van der Waals surface area (Å²) in [5, 5.41) is 0. The van der Waals surface area contributed by atoms with E-state index in [1.165, 1.54) is 19.3 Å². The minimum Gasteiger partial charge on any atom is -0.462 e. The SMILES string of the molecule is CC/C=C\C/C=C\C/C=C\C/C=C\C/C=C\CCOCC(COC(=O)CCCCCCCC/C=C\C/C=C\C/C=C\C/C=C\CC)OC(=O)CC/C=C\C/C=C\C/C=C\C/C=C\CC. The molecular weight excluding hydrogens is 789 g/mol. The van der Waals surface area contributed by atoms with Crippen molar-refractivity contribution in [1.29, 1.82) is 0 Å². The number of hydrogen-bond donors (Lipinski definition) is 0. The van der Waals surface area contributed by atoms with Gasteiger partial charge in [0.15, 0.2) is 6.10 Å². The zero-order chi connectivity index (χ0) is 46.3. The van der Waals surface area contributed by atoms with E-state index in [1.807, 2.05) is 6.08 Å². The number of carbonyl (C=O) groups is 2. The quantitative estimate of drug-likeness (QED) is 0.0347. The topological polar surface area (TPSA) is 61.8 Å². The van der Waals surface area contributed by atoms with Crippen molar-refractivity contribution in [3.63, 3.8) is 0 Å². The number of carbonyl (C=O) groups excluding carboxylic acids is 2. The predicted molar refractivity (Wildman–Crippen MR) is 278 cm³/mol. The summed E-state index contributed by atoms with van der Waals surface area (Å²) in [6.07, 6.45) is 78.6. The Morgan fingerprint density at radius 3 is 1.11 bits per heavy atom. The largest absolute Gasteiger partial charge is 0.462 e. The van der Waals surface area contributed by atoms with Crippen LogP contribution >= 0.6 is 0 Å². The molecule has 0 amide bonds. The van der Waals surface area contributed by atoms with Crippen LogP contribution in [0.4, 0.5) is 0 Å². The molecule has 0 aliphatic carbocycles. The fraction of sp³-hybridized carbons (Fsp3) is 0.525. The summed E-state index contributed by atoms with van der Waals surface area (Å²) in [6.45, 7) is 7.14. The Morgan fingerprint density at radius 1 is 0.344 bits per heavy atom. The summed E-state index contributed by atoms with van der Waals surface area (Å²) in [6, 6.07) is 0. The summed E-state index contributed by atoms with van der Waals surface area (Å²) in [5.74, 6) is -0.564. The van der Waals surface area contributed by atoms with E-state index in [2.05, 4.69) is 173 Å². The summed E-state index contributed by atoms with van der Waals surface area (Å²) in [7, 11) is 0. The van der Waals surface area contributed by atoms with Crippen LogP contribution in [0.2, 0.25) is 0 Å². The summed E-state index contributed by atoms with van der Waals surface area (Å²) >= 11 is 0. The molecule has 0 aromatic rings. The van der Waals surface area contributed by atoms with Crippen molar-refractivity contribution in [1.82, 2.24) is 0 Å². The Bertz CT molecular complexity index is 1460. The van der Waals surface area contributed by atoms with Gasteiger partial charge in [0.1, 0.15) is 6.61 Å². The molecule has 1 unspecified atom stereocenters. The number of unbranched alkanes of at least 4 members (excludes halogenated alkanes) is 6. The van der Waals surface area contributed by atoms with Crippen LogP contribution in [0.3, 0.4) is 0 Å². The van der Waals surface area contributed by atoms with Crippen molar-refractivity contribution < 1.29 is 23.8 Å². The summed E-state index contributed by atoms with van der Waals surface area (Å²) < 4.78 is 17.2. The van der Waals surface area contributed by atoms with Crippen molar-refractivity contribution >= 4 is 11.9 Å². The molecule has 0 saturated heterocycles. The number of allylic oxidation sites excluding steroid dienone is 25. The molecule has 356 valence electrons. The number of esters is 2. The van der Waals surface area contributed by atoms with Gasteiger partial charge in [-0.05, 0) is 116 Å². The van der Waals surface area contributed by atoms with Crippen molar-refractivity contribution in [3.05, 3.63) is 158 Å². The molecule has 0 rings (SSSR count). The highest BCUT2D eigenvalue weighted by Crippen LogP contribution is 2.11. The minimum atomic E-state index is -0.632. The highest BCUT2D eigenvalue weighted by molar-refractivity contribution is 5.70. The molecule has 0 aromatic heterocycles. The fourth-order valence-electron chi connectivity index (χ4n) is 5.99. The van der Waals surface area contributed by atoms with Crippen LogP contribution in [0.15, 0.2) is 158 Å². The molecule has 5 heteroatoms. The van der Waals surface area contributed by atoms with E-state index in [1.54, 1.807) is 0 Å². The number of ether oxygens (including phenoxy) is 3. The van der Waals surface area contributed by atoms with Gasteiger partial charge in [-0.25, -0.2) is 0 Å². The molecule has 0 N–H and O–H groups in total. The molecule has 0 bridgehead atoms. The van der Waals surface area contributed by atoms with Crippen molar-refractivity contribution in [2.45, 2.75) is 181 Å². The van der Waals surface area contributed by atoms with Crippen LogP contribution in [0, 0.1) is 0 Å². The number of rotatable bonds is 43. The van der Waals surface area contributed by atoms with Crippen LogP contribution in [0.1, 0.15) is 175 Å². The Morgan fingerprint density at radius 2 is 0.688 bits per heavy atom. The maximum Gasteiger partial charge on any atom is 0.306 e. The van der Waals surface area contributed by atoms with Gasteiger partial charge >= 0.3 is 11.9 Å². The lowest BCUT2D eigenvalue weighted by atomic mass is 10.1. The monoisotopic (exact) mass is 879 g/mol. The second-order valence-corrected chi connectivity index (χ2v) is 15.6. The molecule has 64 heavy (non-hydrogen) atoms. The van der Waals surface area contributed by atoms with Gasteiger partial charge in [-0.1, -0.05) is 204 Å². The van der Waals surface area contributed by atoms with Crippen LogP contribution in [-0.2, 0) is 23.8 Å². The minimum absolute atomic E-state index is 0.00745. The van der Waals surface area contributed by atoms with E-state index >= 15 is 0 Å². The number of hydrogen-bond acceptors (Lipinski definition) is 5. The van der Waals surface area contributed by atoms with Crippen LogP contribution in [-0.4, -0.2) is 37.9 Å². The van der Waals surface area contributed by atoms with E-state index < -0.39 is 6.10 Å². The first-order valence-corrected chi connectivity index (χ1v) is 25.0. The first-order chi connectivity index (χ1) is 31.6. The standard InChI is InChI=1S/C59H90O5/c1-4-7-10-13-16-19-22-25-27-29-30-31-32-35-37-40-43-46-49-52-58(60)63-56-57(64-59(61)53-50-47-44-41-38-34-24-21-18-15-12-9-6-3)55-62-54-51-48-45-42-39-36-33-28-26-23-20-17-14-11-8-5-2/h7-12,16-21,25-28,30-31,34,36,38-39,44-45,47-48,57H,4-6,13-15,22-24,29,32-33,35,37,40-43,46,49-56H2,1-3H3/b10-7-,11-8-,12-9-,19-16-,20-17-,21-18-,27-25-,28-26-,31-30-,38-34-,39-36-,47-44-,48-45-. The molecule has 0 fully saturated rings. The average molecular weight is 879 g/mol. The van der Waals surface area contributed by atoms with Crippen molar-refractivity contribution in [2.24, 2.45) is 0 Å². The van der Waals surface area contributed by atoms with Gasteiger partial charge in [-0.3, -0.25) is 9.59 Å². The average Bonchev–Trinajstić information content (AvgIpc) is 3.30. The molecule has 0 heterocycles. The van der Waals surface area contributed by atoms with Gasteiger partial charge < -0.3 is 14.2 Å². The van der Waals surface area contributed by atoms with E-state index in [0.717, 1.165) is 116 Å². The maximum atomic E-state index is 12.7. The Balaban J connectivity index is 4.51. The summed E-state index contributed by atoms with van der Waals surface area (Å²) in [5.41, 5.74) is 0. The first-order valence-electron chi connectivity index (χ1n) is 25.0. The lowest BCUT2D eigenvalue weighted by Gasteiger charge is -2.18. The second-order valence-electron chi connectivity index (χ2n) is 15.6. The molecule has 0 aliphatic rings. The van der Waals surface area contributed by atoms with Crippen LogP contribution in [0.5, 0.6) is 0 Å². The third-order valence-corrected chi connectivity index (χ3v) is 9.57. The normalized spacial score (nSPS) is 13.6. The lowest BCUT2D eigenvalue weighted by Crippen LogP contribution is -2.30.